The van der Waals surface area contributed by atoms with Gasteiger partial charge in [0.15, 0.2) is 0 Å². The number of aromatic nitrogens is 2. The molecule has 1 atom stereocenters. The van der Waals surface area contributed by atoms with Crippen LogP contribution in [0.2, 0.25) is 0 Å². The maximum absolute atomic E-state index is 12.9. The molecular formula is C22H24FN5O3. The van der Waals surface area contributed by atoms with Gasteiger partial charge in [0.25, 0.3) is 0 Å². The van der Waals surface area contributed by atoms with Crippen molar-refractivity contribution in [3.05, 3.63) is 83.7 Å². The summed E-state index contributed by atoms with van der Waals surface area (Å²) in [6.07, 6.45) is 3.44. The van der Waals surface area contributed by atoms with Gasteiger partial charge in [0, 0.05) is 26.0 Å². The third kappa shape index (κ3) is 6.05. The van der Waals surface area contributed by atoms with Crippen molar-refractivity contribution in [3.63, 3.8) is 0 Å². The number of benzene rings is 2. The maximum Gasteiger partial charge on any atom is 0.315 e. The maximum atomic E-state index is 12.9. The molecule has 8 nitrogen and oxygen atoms in total. The lowest BCUT2D eigenvalue weighted by atomic mass is 10.1. The van der Waals surface area contributed by atoms with Crippen LogP contribution in [0.4, 0.5) is 9.18 Å². The molecule has 0 fully saturated rings. The van der Waals surface area contributed by atoms with E-state index in [9.17, 15) is 14.0 Å². The van der Waals surface area contributed by atoms with E-state index in [1.54, 1.807) is 43.8 Å². The van der Waals surface area contributed by atoms with Gasteiger partial charge in [-0.3, -0.25) is 4.79 Å². The number of amides is 3. The van der Waals surface area contributed by atoms with E-state index in [0.717, 1.165) is 11.1 Å². The molecule has 3 N–H and O–H groups in total. The molecule has 0 saturated carbocycles. The Balaban J connectivity index is 1.57. The molecule has 1 heterocycles. The van der Waals surface area contributed by atoms with Crippen molar-refractivity contribution in [2.24, 2.45) is 7.05 Å². The lowest BCUT2D eigenvalue weighted by Crippen LogP contribution is -2.43. The number of hydrogen-bond acceptors (Lipinski definition) is 4. The number of imidazole rings is 1. The fraction of sp³-hybridized carbons (Fsp3) is 0.227. The van der Waals surface area contributed by atoms with Gasteiger partial charge in [-0.15, -0.1) is 0 Å². The summed E-state index contributed by atoms with van der Waals surface area (Å²) in [5, 5.41) is 8.04. The Morgan fingerprint density at radius 1 is 1.10 bits per heavy atom. The van der Waals surface area contributed by atoms with E-state index in [4.69, 9.17) is 4.74 Å². The van der Waals surface area contributed by atoms with E-state index >= 15 is 0 Å². The second-order valence-electron chi connectivity index (χ2n) is 6.83. The molecule has 2 aromatic carbocycles. The minimum atomic E-state index is -0.502. The molecule has 9 heteroatoms. The fourth-order valence-electron chi connectivity index (χ4n) is 2.97. The van der Waals surface area contributed by atoms with Gasteiger partial charge in [0.05, 0.1) is 13.7 Å². The van der Waals surface area contributed by atoms with Gasteiger partial charge in [-0.05, 0) is 35.4 Å². The predicted molar refractivity (Wildman–Crippen MR) is 113 cm³/mol. The van der Waals surface area contributed by atoms with Crippen molar-refractivity contribution in [3.8, 4) is 5.75 Å². The van der Waals surface area contributed by atoms with Crippen molar-refractivity contribution >= 4 is 11.9 Å². The van der Waals surface area contributed by atoms with Crippen LogP contribution in [-0.2, 0) is 18.4 Å². The van der Waals surface area contributed by atoms with Crippen LogP contribution in [0.25, 0.3) is 0 Å². The highest BCUT2D eigenvalue weighted by molar-refractivity contribution is 5.84. The summed E-state index contributed by atoms with van der Waals surface area (Å²) in [5.41, 5.74) is 1.57. The number of carbonyl (C=O) groups is 2. The lowest BCUT2D eigenvalue weighted by molar-refractivity contribution is -0.120. The molecular weight excluding hydrogens is 401 g/mol. The summed E-state index contributed by atoms with van der Waals surface area (Å²) in [6, 6.07) is 12.1. The van der Waals surface area contributed by atoms with Crippen LogP contribution in [-0.4, -0.2) is 35.1 Å². The van der Waals surface area contributed by atoms with Crippen molar-refractivity contribution < 1.29 is 18.7 Å². The van der Waals surface area contributed by atoms with E-state index in [-0.39, 0.29) is 24.8 Å². The Kier molecular flexibility index (Phi) is 7.21. The Bertz CT molecular complexity index is 1020. The fourth-order valence-corrected chi connectivity index (χ4v) is 2.97. The second kappa shape index (κ2) is 10.2. The normalized spacial score (nSPS) is 11.5. The minimum Gasteiger partial charge on any atom is -0.497 e. The zero-order valence-corrected chi connectivity index (χ0v) is 17.3. The molecule has 162 valence electrons. The molecule has 1 unspecified atom stereocenters. The van der Waals surface area contributed by atoms with Crippen molar-refractivity contribution in [2.75, 3.05) is 13.7 Å². The van der Waals surface area contributed by atoms with Gasteiger partial charge >= 0.3 is 6.03 Å². The van der Waals surface area contributed by atoms with Gasteiger partial charge in [0.2, 0.25) is 5.91 Å². The lowest BCUT2D eigenvalue weighted by Gasteiger charge is -2.19. The van der Waals surface area contributed by atoms with Gasteiger partial charge < -0.3 is 25.3 Å². The average Bonchev–Trinajstić information content (AvgIpc) is 3.21. The van der Waals surface area contributed by atoms with E-state index in [1.165, 1.54) is 12.1 Å². The summed E-state index contributed by atoms with van der Waals surface area (Å²) < 4.78 is 19.9. The molecule has 31 heavy (non-hydrogen) atoms. The predicted octanol–water partition coefficient (Wildman–Crippen LogP) is 2.27. The molecule has 0 saturated heterocycles. The zero-order valence-electron chi connectivity index (χ0n) is 17.3. The summed E-state index contributed by atoms with van der Waals surface area (Å²) in [5.74, 6) is 0.636. The third-order valence-corrected chi connectivity index (χ3v) is 4.65. The van der Waals surface area contributed by atoms with Crippen LogP contribution >= 0.6 is 0 Å². The quantitative estimate of drug-likeness (QED) is 0.516. The third-order valence-electron chi connectivity index (χ3n) is 4.65. The number of nitrogens with one attached hydrogen (secondary N) is 3. The first-order valence-electron chi connectivity index (χ1n) is 9.63. The summed E-state index contributed by atoms with van der Waals surface area (Å²) in [4.78, 5) is 28.8. The van der Waals surface area contributed by atoms with Crippen LogP contribution in [0.5, 0.6) is 5.75 Å². The number of nitrogens with zero attached hydrogens (tertiary/aromatic N) is 2. The Morgan fingerprint density at radius 2 is 1.81 bits per heavy atom. The highest BCUT2D eigenvalue weighted by atomic mass is 19.1. The summed E-state index contributed by atoms with van der Waals surface area (Å²) in [6.45, 7) is 0.00179. The topological polar surface area (TPSA) is 97.3 Å². The van der Waals surface area contributed by atoms with E-state index in [2.05, 4.69) is 20.9 Å². The van der Waals surface area contributed by atoms with E-state index in [1.807, 2.05) is 23.7 Å². The second-order valence-corrected chi connectivity index (χ2v) is 6.83. The Hall–Kier alpha value is -3.88. The van der Waals surface area contributed by atoms with Crippen LogP contribution in [0.1, 0.15) is 23.0 Å². The standard InChI is InChI=1S/C22H24FN5O3/c1-28-12-11-24-21(28)20(16-5-9-18(31-2)10-6-16)27-19(29)14-26-22(30)25-13-15-3-7-17(23)8-4-15/h3-12,20H,13-14H2,1-2H3,(H,27,29)(H2,25,26,30). The van der Waals surface area contributed by atoms with E-state index in [0.29, 0.717) is 11.6 Å². The number of ether oxygens (including phenoxy) is 1. The van der Waals surface area contributed by atoms with E-state index < -0.39 is 12.1 Å². The zero-order chi connectivity index (χ0) is 22.2. The highest BCUT2D eigenvalue weighted by Gasteiger charge is 2.21. The molecule has 3 rings (SSSR count). The monoisotopic (exact) mass is 425 g/mol. The molecule has 3 aromatic rings. The van der Waals surface area contributed by atoms with Crippen molar-refractivity contribution in [1.29, 1.82) is 0 Å². The average molecular weight is 425 g/mol. The Morgan fingerprint density at radius 3 is 2.42 bits per heavy atom. The van der Waals surface area contributed by atoms with Gasteiger partial charge in [-0.25, -0.2) is 14.2 Å². The smallest absolute Gasteiger partial charge is 0.315 e. The van der Waals surface area contributed by atoms with Gasteiger partial charge in [-0.1, -0.05) is 24.3 Å². The summed E-state index contributed by atoms with van der Waals surface area (Å²) >= 11 is 0. The van der Waals surface area contributed by atoms with Gasteiger partial charge in [-0.2, -0.15) is 0 Å². The molecule has 1 aromatic heterocycles. The number of carbonyl (C=O) groups excluding carboxylic acids is 2. The number of aryl methyl sites for hydroxylation is 1. The molecule has 0 aliphatic rings. The van der Waals surface area contributed by atoms with Crippen molar-refractivity contribution in [2.45, 2.75) is 12.6 Å². The minimum absolute atomic E-state index is 0.216. The van der Waals surface area contributed by atoms with Crippen LogP contribution in [0, 0.1) is 5.82 Å². The molecule has 0 aliphatic carbocycles. The molecule has 3 amide bonds. The van der Waals surface area contributed by atoms with Gasteiger partial charge in [0.1, 0.15) is 23.4 Å². The number of urea groups is 1. The largest absolute Gasteiger partial charge is 0.497 e. The molecule has 0 bridgehead atoms. The number of hydrogen-bond donors (Lipinski definition) is 3. The number of rotatable bonds is 8. The highest BCUT2D eigenvalue weighted by Crippen LogP contribution is 2.22. The van der Waals surface area contributed by atoms with Crippen LogP contribution in [0.15, 0.2) is 60.9 Å². The molecule has 0 spiro atoms. The first kappa shape index (κ1) is 21.8. The summed E-state index contributed by atoms with van der Waals surface area (Å²) in [7, 11) is 3.42. The van der Waals surface area contributed by atoms with Crippen molar-refractivity contribution in [1.82, 2.24) is 25.5 Å². The Labute approximate surface area is 179 Å². The molecule has 0 aliphatic heterocycles. The first-order chi connectivity index (χ1) is 15.0. The number of halogens is 1. The van der Waals surface area contributed by atoms with Crippen LogP contribution < -0.4 is 20.7 Å². The number of methoxy groups -OCH3 is 1. The first-order valence-corrected chi connectivity index (χ1v) is 9.63. The SMILES string of the molecule is COc1ccc(C(NC(=O)CNC(=O)NCc2ccc(F)cc2)c2nccn2C)cc1. The van der Waals surface area contributed by atoms with Crippen LogP contribution in [0.3, 0.4) is 0 Å². The molecule has 0 radical (unpaired) electrons.